The Hall–Kier alpha value is -0.850. The normalized spacial score (nSPS) is 22.9. The summed E-state index contributed by atoms with van der Waals surface area (Å²) < 4.78 is 31.4. The van der Waals surface area contributed by atoms with Gasteiger partial charge in [0.2, 0.25) is 0 Å². The van der Waals surface area contributed by atoms with E-state index in [1.165, 1.54) is 0 Å². The van der Waals surface area contributed by atoms with E-state index in [1.54, 1.807) is 6.07 Å². The summed E-state index contributed by atoms with van der Waals surface area (Å²) in [6, 6.07) is 1.74. The molecule has 2 heterocycles. The number of fused-ring (bicyclic) bond motifs is 1. The summed E-state index contributed by atoms with van der Waals surface area (Å²) in [7, 11) is 0. The Morgan fingerprint density at radius 3 is 2.89 bits per heavy atom. The third kappa shape index (κ3) is 2.08. The van der Waals surface area contributed by atoms with E-state index in [2.05, 4.69) is 21.2 Å². The Labute approximate surface area is 113 Å². The Kier molecular flexibility index (Phi) is 3.41. The van der Waals surface area contributed by atoms with Crippen molar-refractivity contribution in [2.24, 2.45) is 0 Å². The molecule has 1 atom stereocenters. The molecular formula is C12H13BrFNO3. The molecule has 0 aliphatic carbocycles. The number of benzene rings is 1. The van der Waals surface area contributed by atoms with Crippen LogP contribution in [0.15, 0.2) is 10.5 Å². The van der Waals surface area contributed by atoms with Gasteiger partial charge in [0.05, 0.1) is 12.7 Å². The molecule has 1 fully saturated rings. The molecule has 1 N–H and O–H groups in total. The first-order chi connectivity index (χ1) is 8.77. The number of hydrogen-bond acceptors (Lipinski definition) is 4. The van der Waals surface area contributed by atoms with Crippen molar-refractivity contribution in [3.05, 3.63) is 21.9 Å². The molecule has 98 valence electrons. The molecule has 2 aliphatic heterocycles. The maximum atomic E-state index is 14.5. The third-order valence-corrected chi connectivity index (χ3v) is 3.67. The molecular weight excluding hydrogens is 305 g/mol. The van der Waals surface area contributed by atoms with E-state index in [4.69, 9.17) is 14.2 Å². The second-order valence-corrected chi connectivity index (χ2v) is 5.03. The van der Waals surface area contributed by atoms with Gasteiger partial charge < -0.3 is 19.5 Å². The van der Waals surface area contributed by atoms with Gasteiger partial charge in [-0.2, -0.15) is 0 Å². The van der Waals surface area contributed by atoms with E-state index in [0.29, 0.717) is 42.2 Å². The molecule has 1 aromatic rings. The number of hydrogen-bond donors (Lipinski definition) is 1. The molecule has 0 bridgehead atoms. The van der Waals surface area contributed by atoms with Crippen LogP contribution in [0.1, 0.15) is 11.7 Å². The smallest absolute Gasteiger partial charge is 0.197 e. The van der Waals surface area contributed by atoms with Crippen LogP contribution in [-0.4, -0.2) is 32.9 Å². The lowest BCUT2D eigenvalue weighted by Gasteiger charge is -2.27. The van der Waals surface area contributed by atoms with E-state index >= 15 is 0 Å². The average Bonchev–Trinajstić information content (AvgIpc) is 2.40. The standard InChI is InChI=1S/C12H13BrFNO3/c13-7-5-8-12(18-4-3-17-8)11(14)10(7)9-6-15-1-2-16-9/h5,9,15H,1-4,6H2. The number of halogens is 2. The van der Waals surface area contributed by atoms with Crippen molar-refractivity contribution >= 4 is 15.9 Å². The molecule has 1 unspecified atom stereocenters. The zero-order valence-electron chi connectivity index (χ0n) is 9.67. The highest BCUT2D eigenvalue weighted by molar-refractivity contribution is 9.10. The fraction of sp³-hybridized carbons (Fsp3) is 0.500. The summed E-state index contributed by atoms with van der Waals surface area (Å²) >= 11 is 3.38. The summed E-state index contributed by atoms with van der Waals surface area (Å²) in [5.41, 5.74) is 0.492. The Bertz CT molecular complexity index is 463. The molecule has 3 rings (SSSR count). The highest BCUT2D eigenvalue weighted by Crippen LogP contribution is 2.42. The first-order valence-corrected chi connectivity index (χ1v) is 6.66. The minimum atomic E-state index is -0.396. The van der Waals surface area contributed by atoms with Gasteiger partial charge in [0.1, 0.15) is 13.2 Å². The molecule has 0 spiro atoms. The van der Waals surface area contributed by atoms with Gasteiger partial charge in [0, 0.05) is 23.1 Å². The van der Waals surface area contributed by atoms with Crippen molar-refractivity contribution < 1.29 is 18.6 Å². The SMILES string of the molecule is Fc1c2c(cc(Br)c1C1CNCCO1)OCCO2. The molecule has 6 heteroatoms. The number of ether oxygens (including phenoxy) is 3. The predicted octanol–water partition coefficient (Wildman–Crippen LogP) is 2.02. The molecule has 1 saturated heterocycles. The van der Waals surface area contributed by atoms with Gasteiger partial charge in [0.15, 0.2) is 17.3 Å². The number of nitrogens with one attached hydrogen (secondary N) is 1. The minimum Gasteiger partial charge on any atom is -0.486 e. The van der Waals surface area contributed by atoms with E-state index in [1.807, 2.05) is 0 Å². The van der Waals surface area contributed by atoms with Gasteiger partial charge in [-0.15, -0.1) is 0 Å². The van der Waals surface area contributed by atoms with Gasteiger partial charge in [-0.05, 0) is 6.07 Å². The predicted molar refractivity (Wildman–Crippen MR) is 66.7 cm³/mol. The van der Waals surface area contributed by atoms with Crippen LogP contribution in [0.25, 0.3) is 0 Å². The third-order valence-electron chi connectivity index (χ3n) is 3.01. The van der Waals surface area contributed by atoms with Gasteiger partial charge in [-0.1, -0.05) is 15.9 Å². The molecule has 1 aromatic carbocycles. The van der Waals surface area contributed by atoms with Crippen LogP contribution >= 0.6 is 15.9 Å². The van der Waals surface area contributed by atoms with Crippen molar-refractivity contribution in [1.29, 1.82) is 0 Å². The fourth-order valence-electron chi connectivity index (χ4n) is 2.18. The van der Waals surface area contributed by atoms with Gasteiger partial charge >= 0.3 is 0 Å². The second kappa shape index (κ2) is 5.03. The van der Waals surface area contributed by atoms with E-state index < -0.39 is 5.82 Å². The number of morpholine rings is 1. The van der Waals surface area contributed by atoms with Crippen LogP contribution in [0.3, 0.4) is 0 Å². The highest BCUT2D eigenvalue weighted by atomic mass is 79.9. The first kappa shape index (κ1) is 12.2. The maximum Gasteiger partial charge on any atom is 0.197 e. The lowest BCUT2D eigenvalue weighted by Crippen LogP contribution is -2.34. The molecule has 18 heavy (non-hydrogen) atoms. The summed E-state index contributed by atoms with van der Waals surface area (Å²) in [6.07, 6.45) is -0.302. The minimum absolute atomic E-state index is 0.189. The van der Waals surface area contributed by atoms with Crippen molar-refractivity contribution in [3.63, 3.8) is 0 Å². The zero-order valence-corrected chi connectivity index (χ0v) is 11.3. The fourth-order valence-corrected chi connectivity index (χ4v) is 2.81. The van der Waals surface area contributed by atoms with Crippen LogP contribution < -0.4 is 14.8 Å². The lowest BCUT2D eigenvalue weighted by atomic mass is 10.1. The molecule has 0 radical (unpaired) electrons. The van der Waals surface area contributed by atoms with Gasteiger partial charge in [-0.3, -0.25) is 0 Å². The Morgan fingerprint density at radius 1 is 1.28 bits per heavy atom. The van der Waals surface area contributed by atoms with Gasteiger partial charge in [0.25, 0.3) is 0 Å². The summed E-state index contributed by atoms with van der Waals surface area (Å²) in [5, 5.41) is 3.18. The monoisotopic (exact) mass is 317 g/mol. The Balaban J connectivity index is 2.02. The van der Waals surface area contributed by atoms with Gasteiger partial charge in [-0.25, -0.2) is 4.39 Å². The molecule has 0 amide bonds. The number of rotatable bonds is 1. The summed E-state index contributed by atoms with van der Waals surface area (Å²) in [4.78, 5) is 0. The lowest BCUT2D eigenvalue weighted by molar-refractivity contribution is 0.0243. The molecule has 2 aliphatic rings. The van der Waals surface area contributed by atoms with Crippen LogP contribution in [-0.2, 0) is 4.74 Å². The van der Waals surface area contributed by atoms with Crippen molar-refractivity contribution in [1.82, 2.24) is 5.32 Å². The van der Waals surface area contributed by atoms with E-state index in [9.17, 15) is 4.39 Å². The van der Waals surface area contributed by atoms with Crippen molar-refractivity contribution in [2.75, 3.05) is 32.9 Å². The van der Waals surface area contributed by atoms with Crippen LogP contribution in [0.5, 0.6) is 11.5 Å². The van der Waals surface area contributed by atoms with Crippen LogP contribution in [0.2, 0.25) is 0 Å². The van der Waals surface area contributed by atoms with Crippen LogP contribution in [0.4, 0.5) is 4.39 Å². The first-order valence-electron chi connectivity index (χ1n) is 5.87. The summed E-state index contributed by atoms with van der Waals surface area (Å²) in [5.74, 6) is 0.236. The largest absolute Gasteiger partial charge is 0.486 e. The maximum absolute atomic E-state index is 14.5. The van der Waals surface area contributed by atoms with Crippen molar-refractivity contribution in [2.45, 2.75) is 6.10 Å². The zero-order chi connectivity index (χ0) is 12.5. The van der Waals surface area contributed by atoms with E-state index in [-0.39, 0.29) is 11.9 Å². The highest BCUT2D eigenvalue weighted by Gasteiger charge is 2.28. The Morgan fingerprint density at radius 2 is 2.11 bits per heavy atom. The van der Waals surface area contributed by atoms with E-state index in [0.717, 1.165) is 6.54 Å². The second-order valence-electron chi connectivity index (χ2n) is 4.17. The topological polar surface area (TPSA) is 39.7 Å². The quantitative estimate of drug-likeness (QED) is 0.860. The molecule has 0 aromatic heterocycles. The van der Waals surface area contributed by atoms with Crippen molar-refractivity contribution in [3.8, 4) is 11.5 Å². The average molecular weight is 318 g/mol. The summed E-state index contributed by atoms with van der Waals surface area (Å²) in [6.45, 7) is 2.77. The molecule has 4 nitrogen and oxygen atoms in total. The van der Waals surface area contributed by atoms with Crippen LogP contribution in [0, 0.1) is 5.82 Å². The molecule has 0 saturated carbocycles.